The average Bonchev–Trinajstić information content (AvgIpc) is 2.75. The van der Waals surface area contributed by atoms with Crippen molar-refractivity contribution in [3.05, 3.63) is 83.8 Å². The predicted molar refractivity (Wildman–Crippen MR) is 121 cm³/mol. The number of phenolic OH excluding ortho intramolecular Hbond substituents is 1. The highest BCUT2D eigenvalue weighted by Gasteiger charge is 2.30. The molecule has 0 radical (unpaired) electrons. The van der Waals surface area contributed by atoms with E-state index >= 15 is 0 Å². The topological polar surface area (TPSA) is 75.4 Å². The number of likely N-dealkylation sites (tertiary alicyclic amines) is 1. The van der Waals surface area contributed by atoms with Crippen LogP contribution in [0.3, 0.4) is 0 Å². The summed E-state index contributed by atoms with van der Waals surface area (Å²) < 4.78 is 1.73. The molecule has 0 atom stereocenters. The second-order valence-corrected chi connectivity index (χ2v) is 7.94. The number of nitrogens with zero attached hydrogens (tertiary/aromatic N) is 3. The van der Waals surface area contributed by atoms with Crippen molar-refractivity contribution >= 4 is 27.7 Å². The number of benzene rings is 3. The zero-order valence-corrected chi connectivity index (χ0v) is 16.9. The molecule has 1 N–H and O–H groups in total. The van der Waals surface area contributed by atoms with Crippen LogP contribution in [0.2, 0.25) is 0 Å². The molecule has 1 fully saturated rings. The molecule has 6 nitrogen and oxygen atoms in total. The predicted octanol–water partition coefficient (Wildman–Crippen LogP) is 3.57. The molecule has 1 aliphatic rings. The van der Waals surface area contributed by atoms with Crippen LogP contribution in [0.25, 0.3) is 32.9 Å². The van der Waals surface area contributed by atoms with E-state index < -0.39 is 0 Å². The number of aromatic hydroxyl groups is 1. The highest BCUT2D eigenvalue weighted by atomic mass is 16.3. The lowest BCUT2D eigenvalue weighted by Gasteiger charge is -2.39. The van der Waals surface area contributed by atoms with E-state index in [-0.39, 0.29) is 23.1 Å². The van der Waals surface area contributed by atoms with Crippen LogP contribution in [0.5, 0.6) is 5.75 Å². The van der Waals surface area contributed by atoms with Gasteiger partial charge in [0, 0.05) is 25.6 Å². The van der Waals surface area contributed by atoms with Gasteiger partial charge in [0.05, 0.1) is 17.2 Å². The number of phenols is 1. The van der Waals surface area contributed by atoms with Gasteiger partial charge in [-0.2, -0.15) is 0 Å². The summed E-state index contributed by atoms with van der Waals surface area (Å²) in [6.45, 7) is 5.29. The fraction of sp³-hybridized carbons (Fsp3) is 0.160. The van der Waals surface area contributed by atoms with Gasteiger partial charge in [-0.3, -0.25) is 9.59 Å². The fourth-order valence-corrected chi connectivity index (χ4v) is 4.31. The molecule has 1 aliphatic heterocycles. The van der Waals surface area contributed by atoms with Gasteiger partial charge < -0.3 is 14.6 Å². The Morgan fingerprint density at radius 3 is 2.77 bits per heavy atom. The van der Waals surface area contributed by atoms with Gasteiger partial charge in [-0.25, -0.2) is 4.98 Å². The van der Waals surface area contributed by atoms with Gasteiger partial charge in [0.1, 0.15) is 5.75 Å². The SMILES string of the molecule is C=CC(=O)N1CC(Cn2c(=O)cnc3cc(-c4cc(O)cc5ccccc45)ccc32)C1. The first kappa shape index (κ1) is 19.1. The van der Waals surface area contributed by atoms with Gasteiger partial charge in [-0.1, -0.05) is 36.9 Å². The number of hydrogen-bond acceptors (Lipinski definition) is 4. The summed E-state index contributed by atoms with van der Waals surface area (Å²) in [5.74, 6) is 0.350. The minimum absolute atomic E-state index is 0.0776. The first-order chi connectivity index (χ1) is 15.0. The number of rotatable bonds is 4. The van der Waals surface area contributed by atoms with Crippen molar-refractivity contribution < 1.29 is 9.90 Å². The first-order valence-corrected chi connectivity index (χ1v) is 10.2. The van der Waals surface area contributed by atoms with E-state index in [4.69, 9.17) is 0 Å². The maximum Gasteiger partial charge on any atom is 0.269 e. The van der Waals surface area contributed by atoms with Crippen molar-refractivity contribution in [2.24, 2.45) is 5.92 Å². The van der Waals surface area contributed by atoms with E-state index in [2.05, 4.69) is 11.6 Å². The van der Waals surface area contributed by atoms with Crippen LogP contribution in [0.4, 0.5) is 0 Å². The number of amides is 1. The first-order valence-electron chi connectivity index (χ1n) is 10.2. The molecule has 0 saturated carbocycles. The van der Waals surface area contributed by atoms with Gasteiger partial charge in [0.25, 0.3) is 5.56 Å². The summed E-state index contributed by atoms with van der Waals surface area (Å²) in [7, 11) is 0. The lowest BCUT2D eigenvalue weighted by Crippen LogP contribution is -2.51. The van der Waals surface area contributed by atoms with Crippen LogP contribution in [0.15, 0.2) is 78.2 Å². The van der Waals surface area contributed by atoms with Crippen LogP contribution < -0.4 is 5.56 Å². The number of carbonyl (C=O) groups is 1. The molecule has 2 heterocycles. The number of carbonyl (C=O) groups excluding carboxylic acids is 1. The highest BCUT2D eigenvalue weighted by molar-refractivity contribution is 5.99. The summed E-state index contributed by atoms with van der Waals surface area (Å²) >= 11 is 0. The Kier molecular flexibility index (Phi) is 4.55. The molecule has 4 aromatic rings. The zero-order chi connectivity index (χ0) is 21.5. The lowest BCUT2D eigenvalue weighted by atomic mass is 9.97. The second kappa shape index (κ2) is 7.40. The van der Waals surface area contributed by atoms with E-state index in [0.29, 0.717) is 25.2 Å². The maximum atomic E-state index is 12.5. The summed E-state index contributed by atoms with van der Waals surface area (Å²) in [4.78, 5) is 30.3. The van der Waals surface area contributed by atoms with E-state index in [1.807, 2.05) is 42.5 Å². The summed E-state index contributed by atoms with van der Waals surface area (Å²) in [5.41, 5.74) is 3.15. The third-order valence-corrected chi connectivity index (χ3v) is 5.89. The van der Waals surface area contributed by atoms with Crippen molar-refractivity contribution in [1.29, 1.82) is 0 Å². The van der Waals surface area contributed by atoms with Crippen molar-refractivity contribution in [3.63, 3.8) is 0 Å². The second-order valence-electron chi connectivity index (χ2n) is 7.94. The molecule has 0 bridgehead atoms. The van der Waals surface area contributed by atoms with Crippen molar-refractivity contribution in [1.82, 2.24) is 14.5 Å². The standard InChI is InChI=1S/C25H21N3O3/c1-2-24(30)27-13-16(14-27)15-28-23-8-7-18(10-22(23)26-12-25(28)31)21-11-19(29)9-17-5-3-4-6-20(17)21/h2-12,16,29H,1,13-15H2. The molecule has 0 spiro atoms. The normalized spacial score (nSPS) is 14.0. The molecule has 1 aromatic heterocycles. The molecule has 3 aromatic carbocycles. The third-order valence-electron chi connectivity index (χ3n) is 5.89. The van der Waals surface area contributed by atoms with Gasteiger partial charge in [-0.05, 0) is 52.2 Å². The Labute approximate surface area is 178 Å². The monoisotopic (exact) mass is 411 g/mol. The Balaban J connectivity index is 1.53. The molecular weight excluding hydrogens is 390 g/mol. The molecular formula is C25H21N3O3. The Morgan fingerprint density at radius 2 is 1.97 bits per heavy atom. The van der Waals surface area contributed by atoms with Crippen LogP contribution >= 0.6 is 0 Å². The smallest absolute Gasteiger partial charge is 0.269 e. The number of hydrogen-bond donors (Lipinski definition) is 1. The highest BCUT2D eigenvalue weighted by Crippen LogP contribution is 2.33. The van der Waals surface area contributed by atoms with E-state index in [1.165, 1.54) is 12.3 Å². The van der Waals surface area contributed by atoms with Crippen molar-refractivity contribution in [2.75, 3.05) is 13.1 Å². The van der Waals surface area contributed by atoms with Crippen molar-refractivity contribution in [2.45, 2.75) is 6.54 Å². The number of fused-ring (bicyclic) bond motifs is 2. The van der Waals surface area contributed by atoms with Crippen LogP contribution in [-0.4, -0.2) is 38.6 Å². The zero-order valence-electron chi connectivity index (χ0n) is 16.9. The Bertz CT molecular complexity index is 1400. The number of aromatic nitrogens is 2. The Hall–Kier alpha value is -3.93. The van der Waals surface area contributed by atoms with Gasteiger partial charge >= 0.3 is 0 Å². The van der Waals surface area contributed by atoms with Crippen LogP contribution in [-0.2, 0) is 11.3 Å². The van der Waals surface area contributed by atoms with Gasteiger partial charge in [0.2, 0.25) is 5.91 Å². The minimum atomic E-state index is -0.156. The van der Waals surface area contributed by atoms with E-state index in [1.54, 1.807) is 21.6 Å². The van der Waals surface area contributed by atoms with Crippen LogP contribution in [0, 0.1) is 5.92 Å². The molecule has 6 heteroatoms. The van der Waals surface area contributed by atoms with Crippen LogP contribution in [0.1, 0.15) is 0 Å². The van der Waals surface area contributed by atoms with Gasteiger partial charge in [0.15, 0.2) is 0 Å². The maximum absolute atomic E-state index is 12.5. The quantitative estimate of drug-likeness (QED) is 0.521. The summed E-state index contributed by atoms with van der Waals surface area (Å²) in [6.07, 6.45) is 2.66. The molecule has 1 saturated heterocycles. The largest absolute Gasteiger partial charge is 0.508 e. The van der Waals surface area contributed by atoms with E-state index in [0.717, 1.165) is 27.4 Å². The molecule has 5 rings (SSSR count). The minimum Gasteiger partial charge on any atom is -0.508 e. The van der Waals surface area contributed by atoms with E-state index in [9.17, 15) is 14.7 Å². The summed E-state index contributed by atoms with van der Waals surface area (Å²) in [5, 5.41) is 12.2. The van der Waals surface area contributed by atoms with Gasteiger partial charge in [-0.15, -0.1) is 0 Å². The van der Waals surface area contributed by atoms with Crippen molar-refractivity contribution in [3.8, 4) is 16.9 Å². The lowest BCUT2D eigenvalue weighted by molar-refractivity contribution is -0.132. The fourth-order valence-electron chi connectivity index (χ4n) is 4.31. The molecule has 1 amide bonds. The summed E-state index contributed by atoms with van der Waals surface area (Å²) in [6, 6.07) is 17.2. The third kappa shape index (κ3) is 3.36. The molecule has 0 aliphatic carbocycles. The molecule has 154 valence electrons. The Morgan fingerprint density at radius 1 is 1.16 bits per heavy atom. The average molecular weight is 411 g/mol. The molecule has 31 heavy (non-hydrogen) atoms. The molecule has 0 unspecified atom stereocenters.